The van der Waals surface area contributed by atoms with Crippen LogP contribution >= 0.6 is 28.1 Å². The topological polar surface area (TPSA) is 71.6 Å². The standard InChI is InChI=1S/C20H20BrN3O3S/c1-11-17(18(24-20(28)22-11)13-6-4-5-7-14(13)21)19(25)23-15-10-12(26-2)8-9-16(15)27-3/h4-10,18H,1-3H3,(H,23,25)(H2,22,24,28)/t18-/m1/s1. The molecular formula is C20H20BrN3O3S. The third-order valence-electron chi connectivity index (χ3n) is 4.38. The largest absolute Gasteiger partial charge is 0.497 e. The molecule has 1 heterocycles. The van der Waals surface area contributed by atoms with Gasteiger partial charge < -0.3 is 25.4 Å². The molecule has 0 spiro atoms. The number of rotatable bonds is 5. The molecule has 6 nitrogen and oxygen atoms in total. The number of allylic oxidation sites excluding steroid dienone is 1. The maximum atomic E-state index is 13.2. The molecule has 1 amide bonds. The molecule has 0 radical (unpaired) electrons. The van der Waals surface area contributed by atoms with Gasteiger partial charge in [-0.05, 0) is 42.9 Å². The molecule has 8 heteroatoms. The van der Waals surface area contributed by atoms with E-state index in [1.807, 2.05) is 31.2 Å². The van der Waals surface area contributed by atoms with E-state index in [1.165, 1.54) is 0 Å². The quantitative estimate of drug-likeness (QED) is 0.586. The van der Waals surface area contributed by atoms with Crippen LogP contribution in [0.3, 0.4) is 0 Å². The van der Waals surface area contributed by atoms with Gasteiger partial charge in [0.1, 0.15) is 11.5 Å². The average Bonchev–Trinajstić information content (AvgIpc) is 2.67. The van der Waals surface area contributed by atoms with Crippen LogP contribution in [-0.4, -0.2) is 25.2 Å². The summed E-state index contributed by atoms with van der Waals surface area (Å²) in [7, 11) is 3.12. The number of hydrogen-bond donors (Lipinski definition) is 3. The molecule has 0 aliphatic carbocycles. The van der Waals surface area contributed by atoms with Gasteiger partial charge in [-0.25, -0.2) is 0 Å². The zero-order valence-electron chi connectivity index (χ0n) is 15.6. The van der Waals surface area contributed by atoms with E-state index in [4.69, 9.17) is 21.7 Å². The van der Waals surface area contributed by atoms with Crippen molar-refractivity contribution >= 4 is 44.9 Å². The number of nitrogens with one attached hydrogen (secondary N) is 3. The van der Waals surface area contributed by atoms with Crippen molar-refractivity contribution in [2.24, 2.45) is 0 Å². The lowest BCUT2D eigenvalue weighted by Crippen LogP contribution is -2.45. The minimum atomic E-state index is -0.402. The number of ether oxygens (including phenoxy) is 2. The van der Waals surface area contributed by atoms with Crippen LogP contribution in [-0.2, 0) is 4.79 Å². The first kappa shape index (κ1) is 20.2. The first-order valence-corrected chi connectivity index (χ1v) is 9.70. The average molecular weight is 462 g/mol. The first-order chi connectivity index (χ1) is 13.4. The van der Waals surface area contributed by atoms with E-state index in [9.17, 15) is 4.79 Å². The van der Waals surface area contributed by atoms with Crippen molar-refractivity contribution in [1.29, 1.82) is 0 Å². The van der Waals surface area contributed by atoms with Crippen LogP contribution in [0.4, 0.5) is 5.69 Å². The number of anilines is 1. The molecule has 0 fully saturated rings. The summed E-state index contributed by atoms with van der Waals surface area (Å²) in [6.45, 7) is 1.83. The van der Waals surface area contributed by atoms with Crippen LogP contribution in [0.15, 0.2) is 58.2 Å². The fraction of sp³-hybridized carbons (Fsp3) is 0.200. The number of benzene rings is 2. The van der Waals surface area contributed by atoms with Gasteiger partial charge >= 0.3 is 0 Å². The van der Waals surface area contributed by atoms with E-state index >= 15 is 0 Å². The van der Waals surface area contributed by atoms with E-state index in [-0.39, 0.29) is 5.91 Å². The van der Waals surface area contributed by atoms with Crippen LogP contribution in [0, 0.1) is 0 Å². The maximum Gasteiger partial charge on any atom is 0.255 e. The van der Waals surface area contributed by atoms with Crippen molar-refractivity contribution in [1.82, 2.24) is 10.6 Å². The molecule has 0 saturated heterocycles. The van der Waals surface area contributed by atoms with Gasteiger partial charge in [-0.1, -0.05) is 34.1 Å². The highest BCUT2D eigenvalue weighted by Gasteiger charge is 2.31. The van der Waals surface area contributed by atoms with Gasteiger partial charge in [0.05, 0.1) is 31.5 Å². The summed E-state index contributed by atoms with van der Waals surface area (Å²) in [5.41, 5.74) is 2.65. The van der Waals surface area contributed by atoms with Crippen LogP contribution in [0.2, 0.25) is 0 Å². The van der Waals surface area contributed by atoms with Crippen LogP contribution in [0.1, 0.15) is 18.5 Å². The normalized spacial score (nSPS) is 16.1. The van der Waals surface area contributed by atoms with Gasteiger partial charge in [-0.3, -0.25) is 4.79 Å². The van der Waals surface area contributed by atoms with Crippen molar-refractivity contribution in [2.75, 3.05) is 19.5 Å². The number of halogens is 1. The van der Waals surface area contributed by atoms with Crippen LogP contribution < -0.4 is 25.4 Å². The molecule has 1 aliphatic heterocycles. The molecule has 28 heavy (non-hydrogen) atoms. The Labute approximate surface area is 177 Å². The van der Waals surface area contributed by atoms with Gasteiger partial charge in [0, 0.05) is 16.2 Å². The van der Waals surface area contributed by atoms with Crippen molar-refractivity contribution in [3.63, 3.8) is 0 Å². The fourth-order valence-electron chi connectivity index (χ4n) is 3.04. The van der Waals surface area contributed by atoms with E-state index in [0.29, 0.717) is 33.6 Å². The molecule has 3 N–H and O–H groups in total. The minimum absolute atomic E-state index is 0.271. The smallest absolute Gasteiger partial charge is 0.255 e. The van der Waals surface area contributed by atoms with E-state index in [2.05, 4.69) is 31.9 Å². The fourth-order valence-corrected chi connectivity index (χ4v) is 3.82. The Bertz CT molecular complexity index is 961. The second kappa shape index (κ2) is 8.62. The summed E-state index contributed by atoms with van der Waals surface area (Å²) in [5.74, 6) is 0.884. The second-order valence-corrected chi connectivity index (χ2v) is 7.37. The lowest BCUT2D eigenvalue weighted by atomic mass is 9.95. The van der Waals surface area contributed by atoms with E-state index in [0.717, 1.165) is 10.0 Å². The molecule has 2 aromatic carbocycles. The van der Waals surface area contributed by atoms with Crippen LogP contribution in [0.5, 0.6) is 11.5 Å². The predicted molar refractivity (Wildman–Crippen MR) is 117 cm³/mol. The number of methoxy groups -OCH3 is 2. The van der Waals surface area contributed by atoms with Gasteiger partial charge in [0.15, 0.2) is 5.11 Å². The molecule has 2 aromatic rings. The Kier molecular flexibility index (Phi) is 6.21. The Hall–Kier alpha value is -2.58. The van der Waals surface area contributed by atoms with Gasteiger partial charge in [-0.2, -0.15) is 0 Å². The molecule has 0 aromatic heterocycles. The molecule has 0 unspecified atom stereocenters. The van der Waals surface area contributed by atoms with Crippen molar-refractivity contribution < 1.29 is 14.3 Å². The summed E-state index contributed by atoms with van der Waals surface area (Å²) in [6.07, 6.45) is 0. The maximum absolute atomic E-state index is 13.2. The number of thiocarbonyl (C=S) groups is 1. The monoisotopic (exact) mass is 461 g/mol. The molecule has 0 bridgehead atoms. The Morgan fingerprint density at radius 2 is 1.93 bits per heavy atom. The summed E-state index contributed by atoms with van der Waals surface area (Å²) < 4.78 is 11.5. The second-order valence-electron chi connectivity index (χ2n) is 6.11. The predicted octanol–water partition coefficient (Wildman–Crippen LogP) is 3.90. The lowest BCUT2D eigenvalue weighted by molar-refractivity contribution is -0.113. The van der Waals surface area contributed by atoms with Gasteiger partial charge in [0.25, 0.3) is 5.91 Å². The zero-order chi connectivity index (χ0) is 20.3. The van der Waals surface area contributed by atoms with Gasteiger partial charge in [-0.15, -0.1) is 0 Å². The zero-order valence-corrected chi connectivity index (χ0v) is 18.0. The summed E-state index contributed by atoms with van der Waals surface area (Å²) in [5, 5.41) is 9.62. The third-order valence-corrected chi connectivity index (χ3v) is 5.33. The summed E-state index contributed by atoms with van der Waals surface area (Å²) in [6, 6.07) is 12.5. The van der Waals surface area contributed by atoms with Gasteiger partial charge in [0.2, 0.25) is 0 Å². The minimum Gasteiger partial charge on any atom is -0.497 e. The van der Waals surface area contributed by atoms with E-state index in [1.54, 1.807) is 32.4 Å². The molecule has 0 saturated carbocycles. The van der Waals surface area contributed by atoms with Crippen molar-refractivity contribution in [3.05, 3.63) is 63.8 Å². The number of amides is 1. The first-order valence-electron chi connectivity index (χ1n) is 8.50. The Balaban J connectivity index is 2.00. The Morgan fingerprint density at radius 1 is 1.18 bits per heavy atom. The molecular weight excluding hydrogens is 442 g/mol. The Morgan fingerprint density at radius 3 is 2.61 bits per heavy atom. The number of carbonyl (C=O) groups excluding carboxylic acids is 1. The summed E-state index contributed by atoms with van der Waals surface area (Å²) >= 11 is 8.87. The number of carbonyl (C=O) groups is 1. The highest BCUT2D eigenvalue weighted by atomic mass is 79.9. The highest BCUT2D eigenvalue weighted by molar-refractivity contribution is 9.10. The molecule has 146 valence electrons. The summed E-state index contributed by atoms with van der Waals surface area (Å²) in [4.78, 5) is 13.2. The molecule has 3 rings (SSSR count). The van der Waals surface area contributed by atoms with Crippen LogP contribution in [0.25, 0.3) is 0 Å². The van der Waals surface area contributed by atoms with Crippen molar-refractivity contribution in [2.45, 2.75) is 13.0 Å². The molecule has 1 aliphatic rings. The lowest BCUT2D eigenvalue weighted by Gasteiger charge is -2.31. The number of hydrogen-bond acceptors (Lipinski definition) is 4. The highest BCUT2D eigenvalue weighted by Crippen LogP contribution is 2.34. The third kappa shape index (κ3) is 4.13. The van der Waals surface area contributed by atoms with E-state index < -0.39 is 6.04 Å². The van der Waals surface area contributed by atoms with Crippen molar-refractivity contribution in [3.8, 4) is 11.5 Å². The SMILES string of the molecule is COc1ccc(OC)c(NC(=O)C2=C(C)NC(=S)N[C@@H]2c2ccccc2Br)c1. The molecule has 1 atom stereocenters.